The molecule has 1 saturated heterocycles. The number of rotatable bonds is 5. The predicted molar refractivity (Wildman–Crippen MR) is 85.4 cm³/mol. The van der Waals surface area contributed by atoms with E-state index in [4.69, 9.17) is 10.5 Å². The third kappa shape index (κ3) is 4.18. The molecule has 0 saturated carbocycles. The number of benzene rings is 1. The van der Waals surface area contributed by atoms with Crippen LogP contribution in [0.2, 0.25) is 0 Å². The highest BCUT2D eigenvalue weighted by molar-refractivity contribution is 5.99. The molecule has 1 aromatic carbocycles. The highest BCUT2D eigenvalue weighted by atomic mass is 16.5. The Labute approximate surface area is 130 Å². The van der Waals surface area contributed by atoms with Crippen molar-refractivity contribution in [2.75, 3.05) is 13.2 Å². The maximum atomic E-state index is 12.3. The zero-order valence-corrected chi connectivity index (χ0v) is 12.7. The summed E-state index contributed by atoms with van der Waals surface area (Å²) in [5, 5.41) is 2.72. The van der Waals surface area contributed by atoms with Gasteiger partial charge in [-0.05, 0) is 43.5 Å². The fourth-order valence-electron chi connectivity index (χ4n) is 2.48. The fraction of sp³-hybridized carbons (Fsp3) is 0.412. The molecule has 1 fully saturated rings. The van der Waals surface area contributed by atoms with Crippen LogP contribution in [0.4, 0.5) is 0 Å². The van der Waals surface area contributed by atoms with E-state index in [1.165, 1.54) is 6.08 Å². The van der Waals surface area contributed by atoms with Gasteiger partial charge in [-0.2, -0.15) is 0 Å². The number of hydrogen-bond acceptors (Lipinski definition) is 4. The Bertz CT molecular complexity index is 552. The number of ether oxygens (including phenoxy) is 1. The molecule has 22 heavy (non-hydrogen) atoms. The molecule has 1 aliphatic heterocycles. The quantitative estimate of drug-likeness (QED) is 0.808. The Morgan fingerprint density at radius 3 is 2.82 bits per heavy atom. The summed E-state index contributed by atoms with van der Waals surface area (Å²) in [7, 11) is 0. The van der Waals surface area contributed by atoms with E-state index in [0.717, 1.165) is 17.7 Å². The van der Waals surface area contributed by atoms with E-state index in [0.29, 0.717) is 19.6 Å². The molecule has 2 unspecified atom stereocenters. The van der Waals surface area contributed by atoms with Crippen molar-refractivity contribution in [2.45, 2.75) is 25.8 Å². The first-order valence-corrected chi connectivity index (χ1v) is 7.60. The minimum Gasteiger partial charge on any atom is -0.494 e. The predicted octanol–water partition coefficient (Wildman–Crippen LogP) is 1.52. The van der Waals surface area contributed by atoms with Gasteiger partial charge in [0.15, 0.2) is 5.78 Å². The van der Waals surface area contributed by atoms with E-state index in [1.54, 1.807) is 6.08 Å². The Balaban J connectivity index is 2.02. The summed E-state index contributed by atoms with van der Waals surface area (Å²) >= 11 is 0. The number of hydrogen-bond donors (Lipinski definition) is 2. The summed E-state index contributed by atoms with van der Waals surface area (Å²) in [5.41, 5.74) is 6.77. The van der Waals surface area contributed by atoms with E-state index in [-0.39, 0.29) is 11.7 Å². The summed E-state index contributed by atoms with van der Waals surface area (Å²) in [6.07, 6.45) is 4.66. The van der Waals surface area contributed by atoms with Gasteiger partial charge < -0.3 is 15.8 Å². The Kier molecular flexibility index (Phi) is 5.72. The van der Waals surface area contributed by atoms with Gasteiger partial charge in [0.25, 0.3) is 0 Å². The largest absolute Gasteiger partial charge is 0.494 e. The summed E-state index contributed by atoms with van der Waals surface area (Å²) in [6.45, 7) is 3.13. The molecule has 2 atom stereocenters. The van der Waals surface area contributed by atoms with Crippen molar-refractivity contribution >= 4 is 17.8 Å². The number of nitrogens with one attached hydrogen (secondary N) is 1. The molecule has 2 rings (SSSR count). The second-order valence-corrected chi connectivity index (χ2v) is 5.30. The van der Waals surface area contributed by atoms with Gasteiger partial charge in [0.05, 0.1) is 12.6 Å². The molecular weight excluding hydrogens is 280 g/mol. The number of carbonyl (C=O) groups is 2. The van der Waals surface area contributed by atoms with Gasteiger partial charge in [-0.3, -0.25) is 9.59 Å². The van der Waals surface area contributed by atoms with Crippen LogP contribution < -0.4 is 15.8 Å². The van der Waals surface area contributed by atoms with Gasteiger partial charge in [-0.25, -0.2) is 0 Å². The van der Waals surface area contributed by atoms with Crippen molar-refractivity contribution in [3.63, 3.8) is 0 Å². The topological polar surface area (TPSA) is 81.4 Å². The van der Waals surface area contributed by atoms with E-state index in [9.17, 15) is 9.59 Å². The van der Waals surface area contributed by atoms with Crippen molar-refractivity contribution in [1.82, 2.24) is 5.32 Å². The van der Waals surface area contributed by atoms with Crippen LogP contribution >= 0.6 is 0 Å². The smallest absolute Gasteiger partial charge is 0.237 e. The number of allylic oxidation sites excluding steroid dienone is 1. The van der Waals surface area contributed by atoms with Crippen LogP contribution in [0.15, 0.2) is 30.3 Å². The third-order valence-corrected chi connectivity index (χ3v) is 3.72. The molecule has 118 valence electrons. The molecule has 0 spiro atoms. The van der Waals surface area contributed by atoms with Crippen LogP contribution in [-0.4, -0.2) is 30.9 Å². The van der Waals surface area contributed by atoms with E-state index in [2.05, 4.69) is 5.32 Å². The molecule has 0 aromatic heterocycles. The Hall–Kier alpha value is -2.14. The van der Waals surface area contributed by atoms with Gasteiger partial charge in [-0.15, -0.1) is 0 Å². The van der Waals surface area contributed by atoms with Gasteiger partial charge in [0, 0.05) is 12.5 Å². The number of carbonyl (C=O) groups excluding carboxylic acids is 2. The molecule has 1 amide bonds. The van der Waals surface area contributed by atoms with Crippen molar-refractivity contribution in [1.29, 1.82) is 0 Å². The Morgan fingerprint density at radius 1 is 1.41 bits per heavy atom. The third-order valence-electron chi connectivity index (χ3n) is 3.72. The average molecular weight is 302 g/mol. The Morgan fingerprint density at radius 2 is 2.14 bits per heavy atom. The lowest BCUT2D eigenvalue weighted by Gasteiger charge is -2.16. The zero-order chi connectivity index (χ0) is 15.9. The summed E-state index contributed by atoms with van der Waals surface area (Å²) < 4.78 is 5.37. The van der Waals surface area contributed by atoms with Gasteiger partial charge >= 0.3 is 0 Å². The second kappa shape index (κ2) is 7.75. The average Bonchev–Trinajstić information content (AvgIpc) is 2.69. The van der Waals surface area contributed by atoms with Crippen LogP contribution in [0, 0.1) is 5.92 Å². The number of nitrogens with two attached hydrogens (primary N) is 1. The molecule has 1 aliphatic rings. The van der Waals surface area contributed by atoms with Crippen molar-refractivity contribution < 1.29 is 14.3 Å². The van der Waals surface area contributed by atoms with Crippen LogP contribution in [0.1, 0.15) is 25.3 Å². The lowest BCUT2D eigenvalue weighted by atomic mass is 9.91. The van der Waals surface area contributed by atoms with Crippen molar-refractivity contribution in [3.05, 3.63) is 35.9 Å². The first-order valence-electron chi connectivity index (χ1n) is 7.60. The highest BCUT2D eigenvalue weighted by Gasteiger charge is 2.30. The number of amides is 1. The lowest BCUT2D eigenvalue weighted by molar-refractivity contribution is -0.127. The lowest BCUT2D eigenvalue weighted by Crippen LogP contribution is -2.45. The number of ketones is 1. The molecule has 0 radical (unpaired) electrons. The monoisotopic (exact) mass is 302 g/mol. The minimum absolute atomic E-state index is 0.0987. The van der Waals surface area contributed by atoms with Crippen molar-refractivity contribution in [3.8, 4) is 5.75 Å². The van der Waals surface area contributed by atoms with E-state index in [1.807, 2.05) is 31.2 Å². The SMILES string of the molecule is CCOc1ccc(C=CC(=O)C2CCCNC(=O)C2N)cc1. The maximum absolute atomic E-state index is 12.3. The first kappa shape index (κ1) is 16.2. The van der Waals surface area contributed by atoms with Crippen LogP contribution in [0.5, 0.6) is 5.75 Å². The first-order chi connectivity index (χ1) is 10.6. The fourth-order valence-corrected chi connectivity index (χ4v) is 2.48. The van der Waals surface area contributed by atoms with Gasteiger partial charge in [0.2, 0.25) is 5.91 Å². The molecule has 0 aliphatic carbocycles. The summed E-state index contributed by atoms with van der Waals surface area (Å²) in [4.78, 5) is 24.0. The summed E-state index contributed by atoms with van der Waals surface area (Å²) in [6, 6.07) is 6.72. The maximum Gasteiger partial charge on any atom is 0.237 e. The van der Waals surface area contributed by atoms with E-state index >= 15 is 0 Å². The van der Waals surface area contributed by atoms with Gasteiger partial charge in [-0.1, -0.05) is 18.2 Å². The van der Waals surface area contributed by atoms with Crippen LogP contribution in [0.25, 0.3) is 6.08 Å². The standard InChI is InChI=1S/C17H22N2O3/c1-2-22-13-8-5-12(6-9-13)7-10-15(20)14-4-3-11-19-17(21)16(14)18/h5-10,14,16H,2-4,11,18H2,1H3,(H,19,21). The zero-order valence-electron chi connectivity index (χ0n) is 12.7. The summed E-state index contributed by atoms with van der Waals surface area (Å²) in [5.74, 6) is 0.0126. The molecule has 1 aromatic rings. The second-order valence-electron chi connectivity index (χ2n) is 5.30. The molecular formula is C17H22N2O3. The molecule has 5 nitrogen and oxygen atoms in total. The van der Waals surface area contributed by atoms with Gasteiger partial charge in [0.1, 0.15) is 5.75 Å². The van der Waals surface area contributed by atoms with E-state index < -0.39 is 12.0 Å². The molecule has 0 bridgehead atoms. The molecule has 3 N–H and O–H groups in total. The minimum atomic E-state index is -0.764. The molecule has 1 heterocycles. The molecule has 5 heteroatoms. The van der Waals surface area contributed by atoms with Crippen LogP contribution in [0.3, 0.4) is 0 Å². The van der Waals surface area contributed by atoms with Crippen LogP contribution in [-0.2, 0) is 9.59 Å². The highest BCUT2D eigenvalue weighted by Crippen LogP contribution is 2.17. The normalized spacial score (nSPS) is 22.2. The van der Waals surface area contributed by atoms with Crippen molar-refractivity contribution in [2.24, 2.45) is 11.7 Å².